The normalized spacial score (nSPS) is 16.0. The van der Waals surface area contributed by atoms with E-state index in [0.29, 0.717) is 24.6 Å². The third-order valence-corrected chi connectivity index (χ3v) is 4.59. The highest BCUT2D eigenvalue weighted by atomic mass is 16.7. The number of amides is 2. The predicted molar refractivity (Wildman–Crippen MR) is 96.5 cm³/mol. The monoisotopic (exact) mass is 339 g/mol. The fourth-order valence-corrected chi connectivity index (χ4v) is 3.10. The van der Waals surface area contributed by atoms with E-state index >= 15 is 0 Å². The zero-order valence-corrected chi connectivity index (χ0v) is 14.2. The summed E-state index contributed by atoms with van der Waals surface area (Å²) in [5, 5.41) is 2.94. The van der Waals surface area contributed by atoms with Gasteiger partial charge in [0.25, 0.3) is 0 Å². The molecule has 0 aliphatic carbocycles. The Bertz CT molecular complexity index is 768. The Labute approximate surface area is 146 Å². The van der Waals surface area contributed by atoms with E-state index in [1.807, 2.05) is 17.0 Å². The number of aryl methyl sites for hydroxylation is 1. The molecule has 2 amide bonds. The molecule has 2 heterocycles. The van der Waals surface area contributed by atoms with E-state index in [4.69, 9.17) is 9.47 Å². The van der Waals surface area contributed by atoms with Gasteiger partial charge in [-0.05, 0) is 31.2 Å². The van der Waals surface area contributed by atoms with Crippen molar-refractivity contribution in [3.8, 4) is 11.5 Å². The SMILES string of the molecule is Cc1ccc(N2CCN(C(=O)Nc3ccc4c(c3)OCO4)CC2)cc1. The predicted octanol–water partition coefficient (Wildman–Crippen LogP) is 3.08. The third-order valence-electron chi connectivity index (χ3n) is 4.59. The molecule has 2 aliphatic heterocycles. The van der Waals surface area contributed by atoms with Gasteiger partial charge in [-0.3, -0.25) is 0 Å². The second kappa shape index (κ2) is 6.55. The van der Waals surface area contributed by atoms with Gasteiger partial charge in [-0.1, -0.05) is 17.7 Å². The highest BCUT2D eigenvalue weighted by Crippen LogP contribution is 2.34. The van der Waals surface area contributed by atoms with Crippen molar-refractivity contribution in [2.24, 2.45) is 0 Å². The molecule has 1 fully saturated rings. The lowest BCUT2D eigenvalue weighted by molar-refractivity contribution is 0.174. The van der Waals surface area contributed by atoms with Gasteiger partial charge in [0.15, 0.2) is 11.5 Å². The maximum atomic E-state index is 12.5. The number of ether oxygens (including phenoxy) is 2. The van der Waals surface area contributed by atoms with Crippen LogP contribution in [0.15, 0.2) is 42.5 Å². The Morgan fingerprint density at radius 2 is 1.68 bits per heavy atom. The van der Waals surface area contributed by atoms with Gasteiger partial charge < -0.3 is 24.6 Å². The number of rotatable bonds is 2. The average Bonchev–Trinajstić information content (AvgIpc) is 3.10. The molecule has 0 spiro atoms. The second-order valence-corrected chi connectivity index (χ2v) is 6.31. The standard InChI is InChI=1S/C19H21N3O3/c1-14-2-5-16(6-3-14)21-8-10-22(11-9-21)19(23)20-15-4-7-17-18(12-15)25-13-24-17/h2-7,12H,8-11,13H2,1H3,(H,20,23). The van der Waals surface area contributed by atoms with Crippen LogP contribution in [0, 0.1) is 6.92 Å². The van der Waals surface area contributed by atoms with E-state index in [1.54, 1.807) is 6.07 Å². The molecule has 4 rings (SSSR count). The summed E-state index contributed by atoms with van der Waals surface area (Å²) in [5.41, 5.74) is 3.18. The number of piperazine rings is 1. The number of nitrogens with zero attached hydrogens (tertiary/aromatic N) is 2. The topological polar surface area (TPSA) is 54.0 Å². The number of carbonyl (C=O) groups excluding carboxylic acids is 1. The minimum Gasteiger partial charge on any atom is -0.454 e. The molecule has 1 saturated heterocycles. The van der Waals surface area contributed by atoms with Gasteiger partial charge in [-0.2, -0.15) is 0 Å². The summed E-state index contributed by atoms with van der Waals surface area (Å²) in [7, 11) is 0. The van der Waals surface area contributed by atoms with Gasteiger partial charge in [0.1, 0.15) is 0 Å². The number of benzene rings is 2. The van der Waals surface area contributed by atoms with Crippen LogP contribution in [0.2, 0.25) is 0 Å². The number of anilines is 2. The van der Waals surface area contributed by atoms with Crippen molar-refractivity contribution in [2.45, 2.75) is 6.92 Å². The van der Waals surface area contributed by atoms with Crippen LogP contribution in [0.5, 0.6) is 11.5 Å². The van der Waals surface area contributed by atoms with Crippen molar-refractivity contribution >= 4 is 17.4 Å². The molecular weight excluding hydrogens is 318 g/mol. The Hall–Kier alpha value is -2.89. The molecule has 0 atom stereocenters. The molecule has 0 aromatic heterocycles. The first kappa shape index (κ1) is 15.6. The Kier molecular flexibility index (Phi) is 4.09. The van der Waals surface area contributed by atoms with Gasteiger partial charge >= 0.3 is 6.03 Å². The second-order valence-electron chi connectivity index (χ2n) is 6.31. The summed E-state index contributed by atoms with van der Waals surface area (Å²) < 4.78 is 10.6. The van der Waals surface area contributed by atoms with Crippen LogP contribution < -0.4 is 19.7 Å². The van der Waals surface area contributed by atoms with Crippen LogP contribution in [-0.2, 0) is 0 Å². The summed E-state index contributed by atoms with van der Waals surface area (Å²) in [6, 6.07) is 13.9. The van der Waals surface area contributed by atoms with Crippen LogP contribution in [0.25, 0.3) is 0 Å². The van der Waals surface area contributed by atoms with Crippen molar-refractivity contribution in [1.29, 1.82) is 0 Å². The molecule has 2 aliphatic rings. The minimum atomic E-state index is -0.0811. The lowest BCUT2D eigenvalue weighted by Gasteiger charge is -2.36. The molecule has 2 aromatic rings. The van der Waals surface area contributed by atoms with E-state index < -0.39 is 0 Å². The molecule has 6 nitrogen and oxygen atoms in total. The molecule has 1 N–H and O–H groups in total. The van der Waals surface area contributed by atoms with Gasteiger partial charge in [0.2, 0.25) is 6.79 Å². The fourth-order valence-electron chi connectivity index (χ4n) is 3.10. The van der Waals surface area contributed by atoms with Crippen molar-refractivity contribution < 1.29 is 14.3 Å². The molecule has 130 valence electrons. The Morgan fingerprint density at radius 1 is 0.960 bits per heavy atom. The van der Waals surface area contributed by atoms with Crippen molar-refractivity contribution in [3.05, 3.63) is 48.0 Å². The van der Waals surface area contributed by atoms with E-state index in [1.165, 1.54) is 11.3 Å². The number of fused-ring (bicyclic) bond motifs is 1. The van der Waals surface area contributed by atoms with Crippen molar-refractivity contribution in [1.82, 2.24) is 4.90 Å². The van der Waals surface area contributed by atoms with Crippen LogP contribution in [0.1, 0.15) is 5.56 Å². The summed E-state index contributed by atoms with van der Waals surface area (Å²) >= 11 is 0. The number of carbonyl (C=O) groups is 1. The van der Waals surface area contributed by atoms with Crippen molar-refractivity contribution in [2.75, 3.05) is 43.2 Å². The molecule has 2 aromatic carbocycles. The Balaban J connectivity index is 1.34. The summed E-state index contributed by atoms with van der Waals surface area (Å²) in [6.45, 7) is 5.37. The summed E-state index contributed by atoms with van der Waals surface area (Å²) in [5.74, 6) is 1.38. The van der Waals surface area contributed by atoms with Gasteiger partial charge in [-0.25, -0.2) is 4.79 Å². The van der Waals surface area contributed by atoms with Crippen molar-refractivity contribution in [3.63, 3.8) is 0 Å². The average molecular weight is 339 g/mol. The van der Waals surface area contributed by atoms with Gasteiger partial charge in [0.05, 0.1) is 0 Å². The number of nitrogens with one attached hydrogen (secondary N) is 1. The fraction of sp³-hybridized carbons (Fsp3) is 0.316. The zero-order chi connectivity index (χ0) is 17.2. The van der Waals surface area contributed by atoms with E-state index in [9.17, 15) is 4.79 Å². The quantitative estimate of drug-likeness (QED) is 0.914. The number of urea groups is 1. The van der Waals surface area contributed by atoms with Crippen LogP contribution in [0.3, 0.4) is 0 Å². The number of hydrogen-bond acceptors (Lipinski definition) is 4. The van der Waals surface area contributed by atoms with Crippen LogP contribution in [0.4, 0.5) is 16.2 Å². The van der Waals surface area contributed by atoms with Crippen LogP contribution in [-0.4, -0.2) is 43.9 Å². The van der Waals surface area contributed by atoms with Crippen LogP contribution >= 0.6 is 0 Å². The minimum absolute atomic E-state index is 0.0811. The maximum Gasteiger partial charge on any atom is 0.321 e. The van der Waals surface area contributed by atoms with E-state index in [0.717, 1.165) is 18.8 Å². The highest BCUT2D eigenvalue weighted by molar-refractivity contribution is 5.90. The Morgan fingerprint density at radius 3 is 2.44 bits per heavy atom. The largest absolute Gasteiger partial charge is 0.454 e. The smallest absolute Gasteiger partial charge is 0.321 e. The molecular formula is C19H21N3O3. The van der Waals surface area contributed by atoms with E-state index in [-0.39, 0.29) is 12.8 Å². The molecule has 0 saturated carbocycles. The molecule has 6 heteroatoms. The lowest BCUT2D eigenvalue weighted by Crippen LogP contribution is -2.50. The maximum absolute atomic E-state index is 12.5. The van der Waals surface area contributed by atoms with Gasteiger partial charge in [0, 0.05) is 43.6 Å². The molecule has 0 radical (unpaired) electrons. The summed E-state index contributed by atoms with van der Waals surface area (Å²) in [4.78, 5) is 16.6. The lowest BCUT2D eigenvalue weighted by atomic mass is 10.2. The zero-order valence-electron chi connectivity index (χ0n) is 14.2. The van der Waals surface area contributed by atoms with Gasteiger partial charge in [-0.15, -0.1) is 0 Å². The first-order valence-corrected chi connectivity index (χ1v) is 8.46. The highest BCUT2D eigenvalue weighted by Gasteiger charge is 2.22. The summed E-state index contributed by atoms with van der Waals surface area (Å²) in [6.07, 6.45) is 0. The number of hydrogen-bond donors (Lipinski definition) is 1. The molecule has 0 bridgehead atoms. The van der Waals surface area contributed by atoms with E-state index in [2.05, 4.69) is 41.4 Å². The molecule has 25 heavy (non-hydrogen) atoms. The first-order valence-electron chi connectivity index (χ1n) is 8.46. The third kappa shape index (κ3) is 3.33. The first-order chi connectivity index (χ1) is 12.2. The molecule has 0 unspecified atom stereocenters.